The van der Waals surface area contributed by atoms with Crippen LogP contribution in [-0.2, 0) is 4.74 Å². The van der Waals surface area contributed by atoms with Crippen molar-refractivity contribution >= 4 is 0 Å². The second-order valence-electron chi connectivity index (χ2n) is 4.71. The van der Waals surface area contributed by atoms with Gasteiger partial charge in [-0.1, -0.05) is 6.92 Å². The summed E-state index contributed by atoms with van der Waals surface area (Å²) in [5, 5.41) is 3.08. The Morgan fingerprint density at radius 1 is 1.44 bits per heavy atom. The van der Waals surface area contributed by atoms with Gasteiger partial charge in [0.1, 0.15) is 0 Å². The van der Waals surface area contributed by atoms with E-state index < -0.39 is 12.6 Å². The van der Waals surface area contributed by atoms with E-state index in [-0.39, 0.29) is 18.6 Å². The number of ether oxygens (including phenoxy) is 1. The molecular weight excluding hydrogens is 245 g/mol. The van der Waals surface area contributed by atoms with Crippen molar-refractivity contribution in [1.82, 2.24) is 10.2 Å². The van der Waals surface area contributed by atoms with Crippen LogP contribution in [0, 0.1) is 0 Å². The van der Waals surface area contributed by atoms with E-state index in [1.807, 2.05) is 0 Å². The number of nitrogens with one attached hydrogen (secondary N) is 1. The molecular formula is C12H23F3N2O. The van der Waals surface area contributed by atoms with Crippen molar-refractivity contribution in [3.63, 3.8) is 0 Å². The van der Waals surface area contributed by atoms with Crippen molar-refractivity contribution in [3.8, 4) is 0 Å². The Morgan fingerprint density at radius 2 is 2.17 bits per heavy atom. The SMILES string of the molecule is CCN1CCOC(C(CCCC(F)(F)F)NC)C1. The second kappa shape index (κ2) is 7.31. The number of alkyl halides is 3. The van der Waals surface area contributed by atoms with Crippen LogP contribution in [0.3, 0.4) is 0 Å². The van der Waals surface area contributed by atoms with Gasteiger partial charge in [0.05, 0.1) is 12.7 Å². The molecule has 0 amide bonds. The molecule has 1 heterocycles. The molecule has 2 atom stereocenters. The van der Waals surface area contributed by atoms with Crippen LogP contribution >= 0.6 is 0 Å². The molecule has 3 nitrogen and oxygen atoms in total. The monoisotopic (exact) mass is 268 g/mol. The number of halogens is 3. The molecule has 1 fully saturated rings. The van der Waals surface area contributed by atoms with E-state index in [2.05, 4.69) is 17.1 Å². The molecule has 108 valence electrons. The van der Waals surface area contributed by atoms with Gasteiger partial charge in [-0.25, -0.2) is 0 Å². The Labute approximate surface area is 107 Å². The van der Waals surface area contributed by atoms with Crippen LogP contribution in [0.4, 0.5) is 13.2 Å². The molecule has 0 aromatic heterocycles. The van der Waals surface area contributed by atoms with E-state index in [0.717, 1.165) is 19.6 Å². The van der Waals surface area contributed by atoms with Gasteiger partial charge in [0, 0.05) is 25.6 Å². The third-order valence-electron chi connectivity index (χ3n) is 3.42. The number of rotatable bonds is 6. The molecule has 0 saturated carbocycles. The molecule has 0 aromatic rings. The number of morpholine rings is 1. The molecule has 1 aliphatic heterocycles. The van der Waals surface area contributed by atoms with Gasteiger partial charge in [-0.15, -0.1) is 0 Å². The van der Waals surface area contributed by atoms with E-state index >= 15 is 0 Å². The lowest BCUT2D eigenvalue weighted by Crippen LogP contribution is -2.51. The highest BCUT2D eigenvalue weighted by Gasteiger charge is 2.30. The van der Waals surface area contributed by atoms with Crippen molar-refractivity contribution in [1.29, 1.82) is 0 Å². The van der Waals surface area contributed by atoms with Gasteiger partial charge in [0.2, 0.25) is 0 Å². The summed E-state index contributed by atoms with van der Waals surface area (Å²) in [6.45, 7) is 5.41. The Bertz CT molecular complexity index is 236. The standard InChI is InChI=1S/C12H23F3N2O/c1-3-17-7-8-18-11(9-17)10(16-2)5-4-6-12(13,14)15/h10-11,16H,3-9H2,1-2H3. The molecule has 1 aliphatic rings. The lowest BCUT2D eigenvalue weighted by Gasteiger charge is -2.36. The molecule has 0 spiro atoms. The fraction of sp³-hybridized carbons (Fsp3) is 1.00. The smallest absolute Gasteiger partial charge is 0.374 e. The van der Waals surface area contributed by atoms with Gasteiger partial charge >= 0.3 is 6.18 Å². The fourth-order valence-corrected chi connectivity index (χ4v) is 2.30. The highest BCUT2D eigenvalue weighted by Crippen LogP contribution is 2.23. The maximum atomic E-state index is 12.1. The van der Waals surface area contributed by atoms with Crippen LogP contribution in [0.1, 0.15) is 26.2 Å². The highest BCUT2D eigenvalue weighted by molar-refractivity contribution is 4.82. The first-order valence-electron chi connectivity index (χ1n) is 6.54. The van der Waals surface area contributed by atoms with Crippen LogP contribution in [-0.4, -0.2) is 56.5 Å². The molecule has 1 saturated heterocycles. The quantitative estimate of drug-likeness (QED) is 0.797. The Balaban J connectivity index is 2.35. The molecule has 2 unspecified atom stereocenters. The van der Waals surface area contributed by atoms with Crippen LogP contribution < -0.4 is 5.32 Å². The summed E-state index contributed by atoms with van der Waals surface area (Å²) in [7, 11) is 1.78. The van der Waals surface area contributed by atoms with Crippen LogP contribution in [0.15, 0.2) is 0 Å². The average molecular weight is 268 g/mol. The predicted octanol–water partition coefficient (Wildman–Crippen LogP) is 2.03. The zero-order valence-electron chi connectivity index (χ0n) is 11.1. The minimum Gasteiger partial charge on any atom is -0.374 e. The average Bonchev–Trinajstić information content (AvgIpc) is 2.33. The fourth-order valence-electron chi connectivity index (χ4n) is 2.30. The molecule has 0 aromatic carbocycles. The van der Waals surface area contributed by atoms with Gasteiger partial charge in [-0.2, -0.15) is 13.2 Å². The number of nitrogens with zero attached hydrogens (tertiary/aromatic N) is 1. The zero-order valence-corrected chi connectivity index (χ0v) is 11.1. The summed E-state index contributed by atoms with van der Waals surface area (Å²) in [6, 6.07) is 0.00157. The molecule has 0 bridgehead atoms. The largest absolute Gasteiger partial charge is 0.389 e. The summed E-state index contributed by atoms with van der Waals surface area (Å²) in [5.74, 6) is 0. The van der Waals surface area contributed by atoms with Crippen LogP contribution in [0.5, 0.6) is 0 Å². The molecule has 6 heteroatoms. The first kappa shape index (κ1) is 15.7. The summed E-state index contributed by atoms with van der Waals surface area (Å²) in [5.41, 5.74) is 0. The summed E-state index contributed by atoms with van der Waals surface area (Å²) < 4.78 is 42.0. The van der Waals surface area contributed by atoms with E-state index in [0.29, 0.717) is 13.0 Å². The summed E-state index contributed by atoms with van der Waals surface area (Å²) >= 11 is 0. The Hall–Kier alpha value is -0.330. The maximum Gasteiger partial charge on any atom is 0.389 e. The van der Waals surface area contributed by atoms with Crippen molar-refractivity contribution in [3.05, 3.63) is 0 Å². The topological polar surface area (TPSA) is 24.5 Å². The van der Waals surface area contributed by atoms with Crippen molar-refractivity contribution in [2.24, 2.45) is 0 Å². The Morgan fingerprint density at radius 3 is 2.72 bits per heavy atom. The molecule has 1 N–H and O–H groups in total. The first-order chi connectivity index (χ1) is 8.46. The predicted molar refractivity (Wildman–Crippen MR) is 64.6 cm³/mol. The molecule has 1 rings (SSSR count). The Kier molecular flexibility index (Phi) is 6.38. The third-order valence-corrected chi connectivity index (χ3v) is 3.42. The van der Waals surface area contributed by atoms with Crippen molar-refractivity contribution in [2.75, 3.05) is 33.3 Å². The highest BCUT2D eigenvalue weighted by atomic mass is 19.4. The minimum absolute atomic E-state index is 0.00157. The lowest BCUT2D eigenvalue weighted by atomic mass is 10.0. The van der Waals surface area contributed by atoms with Gasteiger partial charge in [0.25, 0.3) is 0 Å². The van der Waals surface area contributed by atoms with Gasteiger partial charge in [0.15, 0.2) is 0 Å². The van der Waals surface area contributed by atoms with E-state index in [1.165, 1.54) is 0 Å². The van der Waals surface area contributed by atoms with Crippen LogP contribution in [0.2, 0.25) is 0 Å². The summed E-state index contributed by atoms with van der Waals surface area (Å²) in [4.78, 5) is 2.27. The summed E-state index contributed by atoms with van der Waals surface area (Å²) in [6.07, 6.45) is -4.12. The third kappa shape index (κ3) is 5.54. The lowest BCUT2D eigenvalue weighted by molar-refractivity contribution is -0.136. The molecule has 0 aliphatic carbocycles. The van der Waals surface area contributed by atoms with Crippen LogP contribution in [0.25, 0.3) is 0 Å². The molecule has 0 radical (unpaired) electrons. The zero-order chi connectivity index (χ0) is 13.6. The van der Waals surface area contributed by atoms with Gasteiger partial charge < -0.3 is 10.1 Å². The van der Waals surface area contributed by atoms with Crippen molar-refractivity contribution < 1.29 is 17.9 Å². The van der Waals surface area contributed by atoms with E-state index in [9.17, 15) is 13.2 Å². The number of likely N-dealkylation sites (N-methyl/N-ethyl adjacent to an activating group) is 2. The number of hydrogen-bond acceptors (Lipinski definition) is 3. The van der Waals surface area contributed by atoms with E-state index in [1.54, 1.807) is 7.05 Å². The van der Waals surface area contributed by atoms with Crippen molar-refractivity contribution in [2.45, 2.75) is 44.5 Å². The van der Waals surface area contributed by atoms with Gasteiger partial charge in [-0.3, -0.25) is 4.90 Å². The second-order valence-corrected chi connectivity index (χ2v) is 4.71. The normalized spacial score (nSPS) is 24.2. The number of hydrogen-bond donors (Lipinski definition) is 1. The maximum absolute atomic E-state index is 12.1. The first-order valence-corrected chi connectivity index (χ1v) is 6.54. The minimum atomic E-state index is -4.05. The molecule has 18 heavy (non-hydrogen) atoms. The van der Waals surface area contributed by atoms with Gasteiger partial charge in [-0.05, 0) is 26.4 Å². The van der Waals surface area contributed by atoms with E-state index in [4.69, 9.17) is 4.74 Å².